The average molecular weight is 621 g/mol. The average Bonchev–Trinajstić information content (AvgIpc) is 3.64. The van der Waals surface area contributed by atoms with E-state index in [1.165, 1.54) is 0 Å². The lowest BCUT2D eigenvalue weighted by Crippen LogP contribution is -2.07. The largest absolute Gasteiger partial charge is 0.352 e. The molecule has 0 atom stereocenters. The van der Waals surface area contributed by atoms with E-state index in [4.69, 9.17) is 9.98 Å². The third kappa shape index (κ3) is 5.26. The molecule has 6 heteroatoms. The summed E-state index contributed by atoms with van der Waals surface area (Å²) in [5, 5.41) is 28.5. The molecule has 0 saturated carbocycles. The van der Waals surface area contributed by atoms with Gasteiger partial charge in [-0.2, -0.15) is 10.5 Å². The van der Waals surface area contributed by atoms with Crippen LogP contribution in [0.15, 0.2) is 131 Å². The van der Waals surface area contributed by atoms with Gasteiger partial charge in [0.2, 0.25) is 0 Å². The quantitative estimate of drug-likeness (QED) is 0.196. The number of aryl methyl sites for hydroxylation is 4. The van der Waals surface area contributed by atoms with Crippen LogP contribution >= 0.6 is 0 Å². The van der Waals surface area contributed by atoms with Crippen molar-refractivity contribution in [1.29, 1.82) is 10.5 Å². The van der Waals surface area contributed by atoms with Crippen LogP contribution in [0.5, 0.6) is 0 Å². The van der Waals surface area contributed by atoms with Gasteiger partial charge in [-0.3, -0.25) is 0 Å². The predicted molar refractivity (Wildman–Crippen MR) is 196 cm³/mol. The van der Waals surface area contributed by atoms with Gasteiger partial charge in [-0.1, -0.05) is 91.0 Å². The Balaban J connectivity index is 1.41. The Morgan fingerprint density at radius 1 is 0.500 bits per heavy atom. The first kappa shape index (κ1) is 30.2. The van der Waals surface area contributed by atoms with Crippen molar-refractivity contribution in [3.05, 3.63) is 165 Å². The van der Waals surface area contributed by atoms with Crippen LogP contribution in [0.25, 0.3) is 11.1 Å². The number of allylic oxidation sites excluding steroid dienone is 4. The summed E-state index contributed by atoms with van der Waals surface area (Å²) >= 11 is 0. The van der Waals surface area contributed by atoms with E-state index < -0.39 is 0 Å². The number of hydrogen-bond acceptors (Lipinski definition) is 6. The molecule has 0 spiro atoms. The number of nitriles is 2. The number of benzene rings is 5. The highest BCUT2D eigenvalue weighted by Crippen LogP contribution is 2.39. The molecule has 7 rings (SSSR count). The Hall–Kier alpha value is -6.50. The molecule has 0 fully saturated rings. The number of aliphatic imine (C=N–C) groups is 2. The van der Waals surface area contributed by atoms with E-state index in [0.29, 0.717) is 45.1 Å². The Labute approximate surface area is 280 Å². The first-order chi connectivity index (χ1) is 23.4. The molecule has 0 saturated heterocycles. The summed E-state index contributed by atoms with van der Waals surface area (Å²) in [6.45, 7) is 8.15. The van der Waals surface area contributed by atoms with Crippen LogP contribution < -0.4 is 10.6 Å². The summed E-state index contributed by atoms with van der Waals surface area (Å²) in [5.41, 5.74) is 14.6. The van der Waals surface area contributed by atoms with E-state index in [1.54, 1.807) is 0 Å². The van der Waals surface area contributed by atoms with Crippen molar-refractivity contribution in [2.24, 2.45) is 9.98 Å². The molecule has 2 aliphatic heterocycles. The molecule has 5 aromatic carbocycles. The number of nitrogens with zero attached hydrogens (tertiary/aromatic N) is 4. The van der Waals surface area contributed by atoms with E-state index >= 15 is 0 Å². The van der Waals surface area contributed by atoms with Crippen LogP contribution in [0.1, 0.15) is 44.5 Å². The maximum Gasteiger partial charge on any atom is 0.102 e. The van der Waals surface area contributed by atoms with Crippen molar-refractivity contribution < 1.29 is 0 Å². The highest BCUT2D eigenvalue weighted by Gasteiger charge is 2.30. The Bertz CT molecular complexity index is 2190. The van der Waals surface area contributed by atoms with Crippen molar-refractivity contribution >= 4 is 45.3 Å². The van der Waals surface area contributed by atoms with Crippen LogP contribution in [0.4, 0.5) is 22.7 Å². The Kier molecular flexibility index (Phi) is 7.77. The van der Waals surface area contributed by atoms with Crippen molar-refractivity contribution in [3.63, 3.8) is 0 Å². The molecule has 0 aliphatic carbocycles. The molecule has 6 nitrogen and oxygen atoms in total. The van der Waals surface area contributed by atoms with Gasteiger partial charge in [-0.25, -0.2) is 9.98 Å². The lowest BCUT2D eigenvalue weighted by atomic mass is 9.95. The van der Waals surface area contributed by atoms with E-state index in [9.17, 15) is 10.5 Å². The standard InChI is InChI=1S/C42H32N6/c1-25-12-5-7-20-35(25)45-39-31-18-9-14-27(3)37(31)47-41(39)33(23-43)29-16-11-17-30(22-29)34(24-44)42-40(46-36-21-8-6-13-26(36)2)32-19-10-15-28(4)38(32)48-42/h5-22,47-48H,1-4H3/b41-33-,42-34-,45-39?,46-40?. The summed E-state index contributed by atoms with van der Waals surface area (Å²) in [6, 6.07) is 40.6. The van der Waals surface area contributed by atoms with E-state index in [2.05, 4.69) is 22.8 Å². The summed E-state index contributed by atoms with van der Waals surface area (Å²) < 4.78 is 0. The zero-order valence-electron chi connectivity index (χ0n) is 27.2. The van der Waals surface area contributed by atoms with Gasteiger partial charge in [0, 0.05) is 11.1 Å². The highest BCUT2D eigenvalue weighted by molar-refractivity contribution is 6.28. The van der Waals surface area contributed by atoms with Crippen LogP contribution in [-0.2, 0) is 0 Å². The van der Waals surface area contributed by atoms with Crippen LogP contribution in [-0.4, -0.2) is 11.4 Å². The third-order valence-electron chi connectivity index (χ3n) is 8.89. The fourth-order valence-electron chi connectivity index (χ4n) is 6.27. The fourth-order valence-corrected chi connectivity index (χ4v) is 6.27. The van der Waals surface area contributed by atoms with E-state index in [0.717, 1.165) is 56.1 Å². The zero-order valence-corrected chi connectivity index (χ0v) is 27.2. The maximum absolute atomic E-state index is 10.7. The number of para-hydroxylation sites is 4. The SMILES string of the molecule is Cc1ccccc1N=C1/C(=C(\C#N)c2cccc(/C(C#N)=C3\Nc4c(C)cccc4C3=Nc3ccccc3C)c2)Nc2c(C)cccc21. The molecule has 0 radical (unpaired) electrons. The van der Waals surface area contributed by atoms with E-state index in [1.807, 2.05) is 137 Å². The van der Waals surface area contributed by atoms with Crippen LogP contribution in [0.2, 0.25) is 0 Å². The van der Waals surface area contributed by atoms with Gasteiger partial charge in [-0.15, -0.1) is 0 Å². The van der Waals surface area contributed by atoms with Crippen LogP contribution in [0.3, 0.4) is 0 Å². The van der Waals surface area contributed by atoms with E-state index in [-0.39, 0.29) is 0 Å². The lowest BCUT2D eigenvalue weighted by Gasteiger charge is -2.11. The molecule has 230 valence electrons. The molecule has 0 amide bonds. The van der Waals surface area contributed by atoms with Gasteiger partial charge in [0.05, 0.1) is 56.7 Å². The number of nitrogens with one attached hydrogen (secondary N) is 2. The van der Waals surface area contributed by atoms with Gasteiger partial charge >= 0.3 is 0 Å². The molecule has 0 aromatic heterocycles. The van der Waals surface area contributed by atoms with Gasteiger partial charge in [0.25, 0.3) is 0 Å². The van der Waals surface area contributed by atoms with Gasteiger partial charge in [0.1, 0.15) is 12.1 Å². The Morgan fingerprint density at radius 3 is 1.31 bits per heavy atom. The molecule has 48 heavy (non-hydrogen) atoms. The van der Waals surface area contributed by atoms with Crippen molar-refractivity contribution in [1.82, 2.24) is 0 Å². The lowest BCUT2D eigenvalue weighted by molar-refractivity contribution is 1.39. The maximum atomic E-state index is 10.7. The molecular weight excluding hydrogens is 589 g/mol. The molecule has 0 unspecified atom stereocenters. The van der Waals surface area contributed by atoms with Crippen LogP contribution in [0, 0.1) is 50.4 Å². The molecule has 2 N–H and O–H groups in total. The Morgan fingerprint density at radius 2 is 0.896 bits per heavy atom. The summed E-state index contributed by atoms with van der Waals surface area (Å²) in [6.07, 6.45) is 0. The minimum absolute atomic E-state index is 0.439. The first-order valence-electron chi connectivity index (χ1n) is 15.8. The predicted octanol–water partition coefficient (Wildman–Crippen LogP) is 9.88. The van der Waals surface area contributed by atoms with Crippen molar-refractivity contribution in [3.8, 4) is 12.1 Å². The number of anilines is 2. The minimum atomic E-state index is 0.439. The molecular formula is C42H32N6. The monoisotopic (exact) mass is 620 g/mol. The summed E-state index contributed by atoms with van der Waals surface area (Å²) in [7, 11) is 0. The van der Waals surface area contributed by atoms with Crippen molar-refractivity contribution in [2.45, 2.75) is 27.7 Å². The van der Waals surface area contributed by atoms with Gasteiger partial charge in [-0.05, 0) is 79.3 Å². The van der Waals surface area contributed by atoms with Gasteiger partial charge in [0.15, 0.2) is 0 Å². The highest BCUT2D eigenvalue weighted by atomic mass is 15.0. The molecule has 2 aliphatic rings. The second kappa shape index (κ2) is 12.4. The summed E-state index contributed by atoms with van der Waals surface area (Å²) in [4.78, 5) is 10.2. The normalized spacial score (nSPS) is 16.8. The number of hydrogen-bond donors (Lipinski definition) is 2. The number of rotatable bonds is 4. The second-order valence-corrected chi connectivity index (χ2v) is 12.0. The van der Waals surface area contributed by atoms with Crippen molar-refractivity contribution in [2.75, 3.05) is 10.6 Å². The van der Waals surface area contributed by atoms with Gasteiger partial charge < -0.3 is 10.6 Å². The minimum Gasteiger partial charge on any atom is -0.352 e. The summed E-state index contributed by atoms with van der Waals surface area (Å²) in [5.74, 6) is 0. The fraction of sp³-hybridized carbons (Fsp3) is 0.0952. The number of fused-ring (bicyclic) bond motifs is 2. The zero-order chi connectivity index (χ0) is 33.4. The smallest absolute Gasteiger partial charge is 0.102 e. The second-order valence-electron chi connectivity index (χ2n) is 12.0. The molecule has 5 aromatic rings. The third-order valence-corrected chi connectivity index (χ3v) is 8.89. The molecule has 2 heterocycles. The topological polar surface area (TPSA) is 96.4 Å². The first-order valence-corrected chi connectivity index (χ1v) is 15.8. The molecule has 0 bridgehead atoms.